The molecule has 33 heavy (non-hydrogen) atoms. The van der Waals surface area contributed by atoms with Gasteiger partial charge in [0, 0.05) is 18.1 Å². The Morgan fingerprint density at radius 2 is 1.73 bits per heavy atom. The van der Waals surface area contributed by atoms with Crippen LogP contribution in [0.3, 0.4) is 0 Å². The summed E-state index contributed by atoms with van der Waals surface area (Å²) in [5.41, 5.74) is -0.495. The maximum atomic E-state index is 13.8. The monoisotopic (exact) mass is 509 g/mol. The number of ether oxygens (including phenoxy) is 2. The van der Waals surface area contributed by atoms with Crippen LogP contribution < -0.4 is 14.4 Å². The van der Waals surface area contributed by atoms with E-state index in [1.807, 2.05) is 0 Å². The molecule has 0 aliphatic carbocycles. The highest BCUT2D eigenvalue weighted by atomic mass is 35.5. The smallest absolute Gasteiger partial charge is 0.272 e. The molecule has 0 spiro atoms. The largest absolute Gasteiger partial charge is 0.494 e. The van der Waals surface area contributed by atoms with E-state index in [1.165, 1.54) is 11.3 Å². The molecule has 0 aliphatic rings. The number of aromatic nitrogens is 1. The van der Waals surface area contributed by atoms with Gasteiger partial charge in [0.25, 0.3) is 5.91 Å². The summed E-state index contributed by atoms with van der Waals surface area (Å²) in [4.78, 5) is 22.5. The second-order valence-corrected chi connectivity index (χ2v) is 9.79. The molecule has 0 bridgehead atoms. The highest BCUT2D eigenvalue weighted by Gasteiger charge is 2.36. The van der Waals surface area contributed by atoms with Crippen molar-refractivity contribution in [2.45, 2.75) is 33.3 Å². The summed E-state index contributed by atoms with van der Waals surface area (Å²) in [6, 6.07) is 10.5. The van der Waals surface area contributed by atoms with Crippen molar-refractivity contribution < 1.29 is 14.3 Å². The van der Waals surface area contributed by atoms with Gasteiger partial charge >= 0.3 is 0 Å². The maximum absolute atomic E-state index is 13.8. The van der Waals surface area contributed by atoms with Gasteiger partial charge in [0.15, 0.2) is 10.7 Å². The first-order chi connectivity index (χ1) is 15.7. The number of benzene rings is 2. The lowest BCUT2D eigenvalue weighted by molar-refractivity contribution is -0.131. The number of hydrogen-bond acceptors (Lipinski definition) is 6. The fraction of sp³-hybridized carbons (Fsp3) is 0.417. The van der Waals surface area contributed by atoms with Crippen LogP contribution in [0.1, 0.15) is 27.7 Å². The van der Waals surface area contributed by atoms with E-state index < -0.39 is 5.60 Å². The number of likely N-dealkylation sites (N-methyl/N-ethyl adjacent to an activating group) is 1. The molecule has 3 rings (SSSR count). The molecule has 178 valence electrons. The maximum Gasteiger partial charge on any atom is 0.272 e. The summed E-state index contributed by atoms with van der Waals surface area (Å²) in [5, 5.41) is 1.73. The molecule has 1 aromatic heterocycles. The summed E-state index contributed by atoms with van der Waals surface area (Å²) >= 11 is 13.8. The van der Waals surface area contributed by atoms with Crippen LogP contribution in [0, 0.1) is 0 Å². The standard InChI is InChI=1S/C24H29Cl2N3O3S/c1-6-28(7-2)14-15-29(22(30)24(3,4)32-17-10-8-16(25)9-11-17)23-27-20-19(31-5)13-12-18(26)21(20)33-23/h8-13H,6-7,14-15H2,1-5H3. The fourth-order valence-electron chi connectivity index (χ4n) is 3.45. The minimum Gasteiger partial charge on any atom is -0.494 e. The predicted molar refractivity (Wildman–Crippen MR) is 137 cm³/mol. The summed E-state index contributed by atoms with van der Waals surface area (Å²) in [6.07, 6.45) is 0. The highest BCUT2D eigenvalue weighted by Crippen LogP contribution is 2.39. The van der Waals surface area contributed by atoms with Crippen LogP contribution in [-0.2, 0) is 4.79 Å². The predicted octanol–water partition coefficient (Wildman–Crippen LogP) is 6.14. The Hall–Kier alpha value is -2.06. The number of fused-ring (bicyclic) bond motifs is 1. The lowest BCUT2D eigenvalue weighted by Crippen LogP contribution is -2.51. The molecular weight excluding hydrogens is 481 g/mol. The second kappa shape index (κ2) is 10.9. The summed E-state index contributed by atoms with van der Waals surface area (Å²) < 4.78 is 12.3. The third-order valence-electron chi connectivity index (χ3n) is 5.38. The summed E-state index contributed by atoms with van der Waals surface area (Å²) in [6.45, 7) is 10.7. The number of amides is 1. The number of methoxy groups -OCH3 is 1. The van der Waals surface area contributed by atoms with Crippen molar-refractivity contribution in [3.05, 3.63) is 46.4 Å². The number of rotatable bonds is 10. The van der Waals surface area contributed by atoms with Crippen molar-refractivity contribution >= 4 is 55.8 Å². The Bertz CT molecular complexity index is 1100. The SMILES string of the molecule is CCN(CC)CCN(C(=O)C(C)(C)Oc1ccc(Cl)cc1)c1nc2c(OC)ccc(Cl)c2s1. The van der Waals surface area contributed by atoms with E-state index in [0.29, 0.717) is 45.3 Å². The molecule has 0 saturated heterocycles. The van der Waals surface area contributed by atoms with Gasteiger partial charge in [-0.05, 0) is 63.3 Å². The van der Waals surface area contributed by atoms with E-state index in [4.69, 9.17) is 37.7 Å². The summed E-state index contributed by atoms with van der Waals surface area (Å²) in [7, 11) is 1.59. The number of carbonyl (C=O) groups is 1. The third kappa shape index (κ3) is 5.90. The van der Waals surface area contributed by atoms with Crippen molar-refractivity contribution in [1.29, 1.82) is 0 Å². The number of carbonyl (C=O) groups excluding carboxylic acids is 1. The van der Waals surface area contributed by atoms with Crippen molar-refractivity contribution in [3.63, 3.8) is 0 Å². The van der Waals surface area contributed by atoms with Crippen molar-refractivity contribution in [3.8, 4) is 11.5 Å². The van der Waals surface area contributed by atoms with Crippen molar-refractivity contribution in [1.82, 2.24) is 9.88 Å². The van der Waals surface area contributed by atoms with Gasteiger partial charge in [-0.3, -0.25) is 9.69 Å². The van der Waals surface area contributed by atoms with E-state index in [-0.39, 0.29) is 5.91 Å². The molecule has 1 heterocycles. The molecule has 2 aromatic carbocycles. The molecule has 0 N–H and O–H groups in total. The zero-order chi connectivity index (χ0) is 24.2. The van der Waals surface area contributed by atoms with E-state index in [1.54, 1.807) is 62.3 Å². The molecule has 3 aromatic rings. The number of nitrogens with zero attached hydrogens (tertiary/aromatic N) is 3. The number of hydrogen-bond donors (Lipinski definition) is 0. The molecule has 0 aliphatic heterocycles. The zero-order valence-electron chi connectivity index (χ0n) is 19.5. The molecule has 0 unspecified atom stereocenters. The average Bonchev–Trinajstić information content (AvgIpc) is 3.24. The Morgan fingerprint density at radius 1 is 1.06 bits per heavy atom. The first kappa shape index (κ1) is 25.6. The van der Waals surface area contributed by atoms with Gasteiger partial charge in [-0.2, -0.15) is 0 Å². The van der Waals surface area contributed by atoms with Crippen LogP contribution in [0.5, 0.6) is 11.5 Å². The van der Waals surface area contributed by atoms with Gasteiger partial charge in [0.05, 0.1) is 16.8 Å². The second-order valence-electron chi connectivity index (χ2n) is 7.97. The number of halogens is 2. The van der Waals surface area contributed by atoms with Gasteiger partial charge in [-0.15, -0.1) is 0 Å². The van der Waals surface area contributed by atoms with Crippen molar-refractivity contribution in [2.24, 2.45) is 0 Å². The first-order valence-corrected chi connectivity index (χ1v) is 12.4. The fourth-order valence-corrected chi connectivity index (χ4v) is 4.86. The van der Waals surface area contributed by atoms with Crippen LogP contribution in [0.15, 0.2) is 36.4 Å². The quantitative estimate of drug-likeness (QED) is 0.328. The molecule has 9 heteroatoms. The van der Waals surface area contributed by atoms with Gasteiger partial charge in [0.1, 0.15) is 17.0 Å². The third-order valence-corrected chi connectivity index (χ3v) is 7.17. The lowest BCUT2D eigenvalue weighted by atomic mass is 10.1. The Balaban J connectivity index is 1.98. The topological polar surface area (TPSA) is 54.9 Å². The molecule has 0 saturated carbocycles. The van der Waals surface area contributed by atoms with E-state index >= 15 is 0 Å². The van der Waals surface area contributed by atoms with Gasteiger partial charge < -0.3 is 14.4 Å². The van der Waals surface area contributed by atoms with Crippen LogP contribution in [0.2, 0.25) is 10.0 Å². The molecule has 0 fully saturated rings. The number of thiazole rings is 1. The Morgan fingerprint density at radius 3 is 2.33 bits per heavy atom. The van der Waals surface area contributed by atoms with Gasteiger partial charge in [-0.1, -0.05) is 48.4 Å². The lowest BCUT2D eigenvalue weighted by Gasteiger charge is -2.32. The van der Waals surface area contributed by atoms with Crippen LogP contribution >= 0.6 is 34.5 Å². The van der Waals surface area contributed by atoms with E-state index in [0.717, 1.165) is 17.8 Å². The molecule has 1 amide bonds. The first-order valence-electron chi connectivity index (χ1n) is 10.8. The normalized spacial score (nSPS) is 11.8. The van der Waals surface area contributed by atoms with E-state index in [9.17, 15) is 4.79 Å². The van der Waals surface area contributed by atoms with Gasteiger partial charge in [0.2, 0.25) is 0 Å². The van der Waals surface area contributed by atoms with Gasteiger partial charge in [-0.25, -0.2) is 4.98 Å². The zero-order valence-corrected chi connectivity index (χ0v) is 21.9. The summed E-state index contributed by atoms with van der Waals surface area (Å²) in [5.74, 6) is 0.985. The van der Waals surface area contributed by atoms with Crippen LogP contribution in [0.4, 0.5) is 5.13 Å². The molecule has 0 atom stereocenters. The van der Waals surface area contributed by atoms with Crippen LogP contribution in [0.25, 0.3) is 10.2 Å². The number of anilines is 1. The highest BCUT2D eigenvalue weighted by molar-refractivity contribution is 7.23. The van der Waals surface area contributed by atoms with Crippen LogP contribution in [-0.4, -0.2) is 54.7 Å². The molecule has 0 radical (unpaired) electrons. The van der Waals surface area contributed by atoms with Crippen molar-refractivity contribution in [2.75, 3.05) is 38.2 Å². The van der Waals surface area contributed by atoms with E-state index in [2.05, 4.69) is 18.7 Å². The molecular formula is C24H29Cl2N3O3S. The molecule has 6 nitrogen and oxygen atoms in total. The minimum atomic E-state index is -1.14. The Labute approximate surface area is 209 Å². The minimum absolute atomic E-state index is 0.196. The Kier molecular flexibility index (Phi) is 8.45. The average molecular weight is 510 g/mol.